The predicted molar refractivity (Wildman–Crippen MR) is 60.4 cm³/mol. The fourth-order valence-electron chi connectivity index (χ4n) is 2.13. The van der Waals surface area contributed by atoms with Crippen LogP contribution in [0.2, 0.25) is 0 Å². The van der Waals surface area contributed by atoms with Crippen molar-refractivity contribution in [2.24, 2.45) is 18.7 Å². The van der Waals surface area contributed by atoms with Gasteiger partial charge in [0.15, 0.2) is 0 Å². The van der Waals surface area contributed by atoms with Gasteiger partial charge < -0.3 is 11.1 Å². The lowest BCUT2D eigenvalue weighted by Gasteiger charge is -2.09. The third-order valence-corrected chi connectivity index (χ3v) is 3.06. The Bertz CT molecular complexity index is 374. The second-order valence-electron chi connectivity index (χ2n) is 4.47. The molecule has 2 atom stereocenters. The summed E-state index contributed by atoms with van der Waals surface area (Å²) in [5.41, 5.74) is 6.67. The average Bonchev–Trinajstić information content (AvgIpc) is 2.84. The van der Waals surface area contributed by atoms with E-state index in [1.807, 2.05) is 19.3 Å². The summed E-state index contributed by atoms with van der Waals surface area (Å²) >= 11 is 0. The van der Waals surface area contributed by atoms with E-state index in [0.717, 1.165) is 25.0 Å². The molecule has 1 aromatic rings. The largest absolute Gasteiger partial charge is 0.350 e. The molecule has 16 heavy (non-hydrogen) atoms. The summed E-state index contributed by atoms with van der Waals surface area (Å²) in [6, 6.07) is 2.10. The number of amides is 1. The van der Waals surface area contributed by atoms with Crippen molar-refractivity contribution >= 4 is 5.91 Å². The van der Waals surface area contributed by atoms with Gasteiger partial charge in [0, 0.05) is 25.2 Å². The van der Waals surface area contributed by atoms with E-state index < -0.39 is 0 Å². The molecule has 0 saturated heterocycles. The number of hydrogen-bond donors (Lipinski definition) is 2. The van der Waals surface area contributed by atoms with Crippen molar-refractivity contribution in [3.63, 3.8) is 0 Å². The molecule has 88 valence electrons. The molecule has 3 N–H and O–H groups in total. The molecule has 1 aliphatic rings. The number of rotatable bonds is 3. The monoisotopic (exact) mass is 222 g/mol. The normalized spacial score (nSPS) is 24.6. The van der Waals surface area contributed by atoms with Crippen molar-refractivity contribution in [1.29, 1.82) is 0 Å². The summed E-state index contributed by atoms with van der Waals surface area (Å²) in [6.45, 7) is 0.505. The fourth-order valence-corrected chi connectivity index (χ4v) is 2.13. The van der Waals surface area contributed by atoms with E-state index >= 15 is 0 Å². The molecule has 1 saturated carbocycles. The molecule has 0 aliphatic heterocycles. The zero-order valence-electron chi connectivity index (χ0n) is 9.52. The highest BCUT2D eigenvalue weighted by molar-refractivity contribution is 5.78. The molecule has 5 heteroatoms. The van der Waals surface area contributed by atoms with E-state index in [4.69, 9.17) is 5.73 Å². The summed E-state index contributed by atoms with van der Waals surface area (Å²) in [7, 11) is 1.86. The Kier molecular flexibility index (Phi) is 3.24. The van der Waals surface area contributed by atoms with E-state index in [1.165, 1.54) is 0 Å². The molecule has 0 bridgehead atoms. The summed E-state index contributed by atoms with van der Waals surface area (Å²) < 4.78 is 1.73. The molecular weight excluding hydrogens is 204 g/mol. The number of hydrogen-bond acceptors (Lipinski definition) is 3. The van der Waals surface area contributed by atoms with Gasteiger partial charge in [-0.05, 0) is 25.3 Å². The number of aryl methyl sites for hydroxylation is 1. The van der Waals surface area contributed by atoms with Crippen LogP contribution in [-0.4, -0.2) is 21.7 Å². The number of nitrogens with one attached hydrogen (secondary N) is 1. The highest BCUT2D eigenvalue weighted by Gasteiger charge is 2.27. The number of nitrogens with two attached hydrogens (primary N) is 1. The standard InChI is InChI=1S/C11H18N4O/c1-15-5-4-10(14-15)7-13-11(16)8-2-3-9(12)6-8/h4-5,8-9H,2-3,6-7,12H2,1H3,(H,13,16). The smallest absolute Gasteiger partial charge is 0.223 e. The van der Waals surface area contributed by atoms with E-state index in [-0.39, 0.29) is 17.9 Å². The average molecular weight is 222 g/mol. The summed E-state index contributed by atoms with van der Waals surface area (Å²) in [6.07, 6.45) is 4.55. The zero-order chi connectivity index (χ0) is 11.5. The van der Waals surface area contributed by atoms with Gasteiger partial charge in [-0.25, -0.2) is 0 Å². The first-order valence-corrected chi connectivity index (χ1v) is 5.67. The molecule has 0 aromatic carbocycles. The molecule has 5 nitrogen and oxygen atoms in total. The Morgan fingerprint density at radius 3 is 3.06 bits per heavy atom. The second kappa shape index (κ2) is 4.65. The van der Waals surface area contributed by atoms with E-state index in [9.17, 15) is 4.79 Å². The maximum Gasteiger partial charge on any atom is 0.223 e. The Morgan fingerprint density at radius 2 is 2.50 bits per heavy atom. The minimum absolute atomic E-state index is 0.0960. The Morgan fingerprint density at radius 1 is 1.69 bits per heavy atom. The van der Waals surface area contributed by atoms with Crippen molar-refractivity contribution in [3.05, 3.63) is 18.0 Å². The number of carbonyl (C=O) groups excluding carboxylic acids is 1. The molecule has 1 heterocycles. The highest BCUT2D eigenvalue weighted by Crippen LogP contribution is 2.24. The van der Waals surface area contributed by atoms with Crippen LogP contribution in [0.5, 0.6) is 0 Å². The van der Waals surface area contributed by atoms with Gasteiger partial charge in [-0.2, -0.15) is 5.10 Å². The molecule has 0 spiro atoms. The topological polar surface area (TPSA) is 72.9 Å². The van der Waals surface area contributed by atoms with Crippen LogP contribution < -0.4 is 11.1 Å². The lowest BCUT2D eigenvalue weighted by atomic mass is 10.1. The van der Waals surface area contributed by atoms with E-state index in [0.29, 0.717) is 6.54 Å². The van der Waals surface area contributed by atoms with Crippen LogP contribution in [0.3, 0.4) is 0 Å². The molecule has 1 aromatic heterocycles. The lowest BCUT2D eigenvalue weighted by Crippen LogP contribution is -2.30. The molecule has 2 unspecified atom stereocenters. The first-order chi connectivity index (χ1) is 7.65. The first-order valence-electron chi connectivity index (χ1n) is 5.67. The van der Waals surface area contributed by atoms with Gasteiger partial charge in [-0.3, -0.25) is 9.48 Å². The highest BCUT2D eigenvalue weighted by atomic mass is 16.1. The van der Waals surface area contributed by atoms with Gasteiger partial charge in [-0.1, -0.05) is 0 Å². The number of aromatic nitrogens is 2. The van der Waals surface area contributed by atoms with Crippen LogP contribution in [0.1, 0.15) is 25.0 Å². The summed E-state index contributed by atoms with van der Waals surface area (Å²) in [5, 5.41) is 7.11. The maximum absolute atomic E-state index is 11.8. The van der Waals surface area contributed by atoms with Crippen LogP contribution in [0.15, 0.2) is 12.3 Å². The third kappa shape index (κ3) is 2.61. The van der Waals surface area contributed by atoms with Gasteiger partial charge in [0.05, 0.1) is 12.2 Å². The van der Waals surface area contributed by atoms with Gasteiger partial charge in [-0.15, -0.1) is 0 Å². The Hall–Kier alpha value is -1.36. The maximum atomic E-state index is 11.8. The van der Waals surface area contributed by atoms with Crippen molar-refractivity contribution in [2.75, 3.05) is 0 Å². The molecule has 0 radical (unpaired) electrons. The minimum Gasteiger partial charge on any atom is -0.350 e. The zero-order valence-corrected chi connectivity index (χ0v) is 9.52. The first kappa shape index (κ1) is 11.1. The molecule has 1 fully saturated rings. The van der Waals surface area contributed by atoms with Gasteiger partial charge >= 0.3 is 0 Å². The van der Waals surface area contributed by atoms with Crippen LogP contribution >= 0.6 is 0 Å². The van der Waals surface area contributed by atoms with Crippen LogP contribution in [0.4, 0.5) is 0 Å². The Balaban J connectivity index is 1.80. The molecule has 1 aliphatic carbocycles. The van der Waals surface area contributed by atoms with Crippen molar-refractivity contribution in [1.82, 2.24) is 15.1 Å². The van der Waals surface area contributed by atoms with Crippen LogP contribution in [0, 0.1) is 5.92 Å². The predicted octanol–water partition coefficient (Wildman–Crippen LogP) is 0.164. The molecular formula is C11H18N4O. The van der Waals surface area contributed by atoms with Crippen molar-refractivity contribution < 1.29 is 4.79 Å². The Labute approximate surface area is 95.0 Å². The van der Waals surface area contributed by atoms with Gasteiger partial charge in [0.25, 0.3) is 0 Å². The SMILES string of the molecule is Cn1ccc(CNC(=O)C2CCC(N)C2)n1. The van der Waals surface area contributed by atoms with Crippen LogP contribution in [-0.2, 0) is 18.4 Å². The van der Waals surface area contributed by atoms with Gasteiger partial charge in [0.1, 0.15) is 0 Å². The van der Waals surface area contributed by atoms with Gasteiger partial charge in [0.2, 0.25) is 5.91 Å². The van der Waals surface area contributed by atoms with Crippen LogP contribution in [0.25, 0.3) is 0 Å². The van der Waals surface area contributed by atoms with E-state index in [2.05, 4.69) is 10.4 Å². The lowest BCUT2D eigenvalue weighted by molar-refractivity contribution is -0.125. The number of carbonyl (C=O) groups is 1. The van der Waals surface area contributed by atoms with E-state index in [1.54, 1.807) is 4.68 Å². The second-order valence-corrected chi connectivity index (χ2v) is 4.47. The van der Waals surface area contributed by atoms with Crippen molar-refractivity contribution in [3.8, 4) is 0 Å². The van der Waals surface area contributed by atoms with Crippen molar-refractivity contribution in [2.45, 2.75) is 31.8 Å². The minimum atomic E-state index is 0.0960. The fraction of sp³-hybridized carbons (Fsp3) is 0.636. The molecule has 2 rings (SSSR count). The quantitative estimate of drug-likeness (QED) is 0.765. The number of nitrogens with zero attached hydrogens (tertiary/aromatic N) is 2. The third-order valence-electron chi connectivity index (χ3n) is 3.06. The molecule has 1 amide bonds. The summed E-state index contributed by atoms with van der Waals surface area (Å²) in [4.78, 5) is 11.8. The summed E-state index contributed by atoms with van der Waals surface area (Å²) in [5.74, 6) is 0.206.